The van der Waals surface area contributed by atoms with E-state index >= 15 is 0 Å². The van der Waals surface area contributed by atoms with Gasteiger partial charge in [0.25, 0.3) is 0 Å². The van der Waals surface area contributed by atoms with E-state index in [0.29, 0.717) is 6.61 Å². The molecule has 1 aromatic rings. The van der Waals surface area contributed by atoms with Gasteiger partial charge in [0, 0.05) is 20.1 Å². The van der Waals surface area contributed by atoms with Crippen LogP contribution in [0.5, 0.6) is 5.75 Å². The highest BCUT2D eigenvalue weighted by Crippen LogP contribution is 2.49. The summed E-state index contributed by atoms with van der Waals surface area (Å²) in [7, 11) is 1.75. The molecule has 2 fully saturated rings. The number of nitrogens with zero attached hydrogens (tertiary/aromatic N) is 2. The molecule has 7 nitrogen and oxygen atoms in total. The Hall–Kier alpha value is -1.99. The summed E-state index contributed by atoms with van der Waals surface area (Å²) >= 11 is 0. The minimum Gasteiger partial charge on any atom is -0.494 e. The van der Waals surface area contributed by atoms with Crippen molar-refractivity contribution in [2.24, 2.45) is 29.0 Å². The summed E-state index contributed by atoms with van der Waals surface area (Å²) in [6.45, 7) is 13.1. The lowest BCUT2D eigenvalue weighted by Crippen LogP contribution is -2.40. The number of ether oxygens (including phenoxy) is 2. The van der Waals surface area contributed by atoms with Crippen LogP contribution in [-0.4, -0.2) is 49.5 Å². The van der Waals surface area contributed by atoms with Gasteiger partial charge in [0.2, 0.25) is 0 Å². The molecule has 2 atom stereocenters. The van der Waals surface area contributed by atoms with E-state index in [1.165, 1.54) is 11.5 Å². The zero-order chi connectivity index (χ0) is 23.7. The maximum atomic E-state index is 12.2. The fourth-order valence-corrected chi connectivity index (χ4v) is 4.22. The lowest BCUT2D eigenvalue weighted by Gasteiger charge is -2.32. The second kappa shape index (κ2) is 12.3. The minimum atomic E-state index is -0.150. The number of nitrogens with one attached hydrogen (secondary N) is 1. The van der Waals surface area contributed by atoms with Gasteiger partial charge in [-0.05, 0) is 73.1 Å². The van der Waals surface area contributed by atoms with Gasteiger partial charge in [-0.15, -0.1) is 0 Å². The largest absolute Gasteiger partial charge is 0.494 e. The summed E-state index contributed by atoms with van der Waals surface area (Å²) in [4.78, 5) is 14.1. The molecular weight excluding hydrogens is 404 g/mol. The number of benzene rings is 1. The molecule has 1 amide bonds. The SMILES string of the molecule is CC.CN(N)Nc1ccc(OCC[C@@H]2C[C@@H]2C2CCN(C(=O)OCC(C)(C)C)CC2)cc1. The Balaban J connectivity index is 0.00000176. The fraction of sp³-hybridized carbons (Fsp3) is 0.720. The third-order valence-electron chi connectivity index (χ3n) is 5.93. The molecule has 0 radical (unpaired) electrons. The third-order valence-corrected chi connectivity index (χ3v) is 5.93. The molecule has 1 heterocycles. The van der Waals surface area contributed by atoms with Gasteiger partial charge >= 0.3 is 6.09 Å². The number of piperidine rings is 1. The zero-order valence-electron chi connectivity index (χ0n) is 20.9. The van der Waals surface area contributed by atoms with Crippen molar-refractivity contribution in [3.05, 3.63) is 24.3 Å². The monoisotopic (exact) mass is 448 g/mol. The van der Waals surface area contributed by atoms with Gasteiger partial charge < -0.3 is 19.8 Å². The van der Waals surface area contributed by atoms with Gasteiger partial charge in [-0.3, -0.25) is 5.84 Å². The van der Waals surface area contributed by atoms with Crippen LogP contribution in [0.1, 0.15) is 60.3 Å². The van der Waals surface area contributed by atoms with Crippen molar-refractivity contribution in [3.8, 4) is 5.75 Å². The van der Waals surface area contributed by atoms with Crippen molar-refractivity contribution < 1.29 is 14.3 Å². The van der Waals surface area contributed by atoms with Crippen LogP contribution in [0.25, 0.3) is 0 Å². The molecular formula is C25H44N4O3. The van der Waals surface area contributed by atoms with Crippen LogP contribution in [-0.2, 0) is 4.74 Å². The van der Waals surface area contributed by atoms with Crippen LogP contribution >= 0.6 is 0 Å². The van der Waals surface area contributed by atoms with Crippen LogP contribution in [0.15, 0.2) is 24.3 Å². The maximum absolute atomic E-state index is 12.2. The quantitative estimate of drug-likeness (QED) is 0.423. The minimum absolute atomic E-state index is 0.0113. The van der Waals surface area contributed by atoms with Gasteiger partial charge in [-0.25, -0.2) is 4.79 Å². The van der Waals surface area contributed by atoms with Gasteiger partial charge in [0.1, 0.15) is 5.75 Å². The molecule has 3 N–H and O–H groups in total. The van der Waals surface area contributed by atoms with E-state index < -0.39 is 0 Å². The first-order valence-corrected chi connectivity index (χ1v) is 12.1. The standard InChI is InChI=1S/C23H38N4O3.C2H6/c1-23(2,3)16-30-22(28)27-12-9-17(10-13-27)21-15-18(21)11-14-29-20-7-5-19(6-8-20)25-26(4)24;1-2/h5-8,17-18,21,25H,9-16,24H2,1-4H3;1-2H3/t18-,21-;/m1./s1. The lowest BCUT2D eigenvalue weighted by molar-refractivity contribution is 0.0602. The van der Waals surface area contributed by atoms with E-state index in [1.807, 2.05) is 43.0 Å². The Morgan fingerprint density at radius 3 is 2.38 bits per heavy atom. The fourth-order valence-electron chi connectivity index (χ4n) is 4.22. The Bertz CT molecular complexity index is 679. The average Bonchev–Trinajstić information content (AvgIpc) is 3.53. The first-order valence-electron chi connectivity index (χ1n) is 12.1. The van der Waals surface area contributed by atoms with Crippen molar-refractivity contribution in [2.75, 3.05) is 38.8 Å². The molecule has 1 saturated heterocycles. The number of nitrogens with two attached hydrogens (primary N) is 1. The zero-order valence-corrected chi connectivity index (χ0v) is 20.9. The molecule has 1 aliphatic heterocycles. The number of rotatable bonds is 8. The summed E-state index contributed by atoms with van der Waals surface area (Å²) in [5, 5.41) is 1.42. The number of carbonyl (C=O) groups excluding carboxylic acids is 1. The first-order chi connectivity index (χ1) is 15.2. The van der Waals surface area contributed by atoms with Crippen LogP contribution in [0.4, 0.5) is 10.5 Å². The maximum Gasteiger partial charge on any atom is 0.409 e. The van der Waals surface area contributed by atoms with Gasteiger partial charge in [0.15, 0.2) is 0 Å². The van der Waals surface area contributed by atoms with Crippen molar-refractivity contribution in [1.82, 2.24) is 10.0 Å². The third kappa shape index (κ3) is 8.87. The number of hydrogen-bond donors (Lipinski definition) is 2. The molecule has 0 spiro atoms. The number of hydrazine groups is 2. The number of likely N-dealkylation sites (tertiary alicyclic amines) is 1. The lowest BCUT2D eigenvalue weighted by atomic mass is 9.90. The predicted molar refractivity (Wildman–Crippen MR) is 130 cm³/mol. The smallest absolute Gasteiger partial charge is 0.409 e. The van der Waals surface area contributed by atoms with Crippen molar-refractivity contribution in [3.63, 3.8) is 0 Å². The number of carbonyl (C=O) groups is 1. The molecule has 0 unspecified atom stereocenters. The first kappa shape index (κ1) is 26.3. The average molecular weight is 449 g/mol. The molecule has 3 rings (SSSR count). The van der Waals surface area contributed by atoms with E-state index in [-0.39, 0.29) is 11.5 Å². The number of amides is 1. The highest BCUT2D eigenvalue weighted by molar-refractivity contribution is 5.67. The van der Waals surface area contributed by atoms with Crippen molar-refractivity contribution in [2.45, 2.75) is 60.3 Å². The predicted octanol–water partition coefficient (Wildman–Crippen LogP) is 5.14. The molecule has 1 aromatic carbocycles. The number of anilines is 1. The molecule has 1 saturated carbocycles. The molecule has 182 valence electrons. The van der Waals surface area contributed by atoms with Crippen molar-refractivity contribution >= 4 is 11.8 Å². The Kier molecular flexibility index (Phi) is 10.1. The van der Waals surface area contributed by atoms with Gasteiger partial charge in [-0.1, -0.05) is 34.6 Å². The Labute approximate surface area is 194 Å². The highest BCUT2D eigenvalue weighted by Gasteiger charge is 2.43. The summed E-state index contributed by atoms with van der Waals surface area (Å²) in [6.07, 6.45) is 4.44. The van der Waals surface area contributed by atoms with E-state index in [1.54, 1.807) is 7.05 Å². The summed E-state index contributed by atoms with van der Waals surface area (Å²) in [5.74, 6) is 8.76. The molecule has 1 aliphatic carbocycles. The van der Waals surface area contributed by atoms with Crippen LogP contribution < -0.4 is 16.0 Å². The summed E-state index contributed by atoms with van der Waals surface area (Å²) in [5.41, 5.74) is 3.95. The molecule has 0 aromatic heterocycles. The topological polar surface area (TPSA) is 80.1 Å². The molecule has 7 heteroatoms. The second-order valence-corrected chi connectivity index (χ2v) is 9.98. The molecule has 0 bridgehead atoms. The van der Waals surface area contributed by atoms with E-state index in [0.717, 1.165) is 68.1 Å². The number of hydrogen-bond acceptors (Lipinski definition) is 6. The van der Waals surface area contributed by atoms with E-state index in [9.17, 15) is 4.79 Å². The normalized spacial score (nSPS) is 20.9. The van der Waals surface area contributed by atoms with Gasteiger partial charge in [0.05, 0.1) is 18.9 Å². The van der Waals surface area contributed by atoms with E-state index in [4.69, 9.17) is 15.3 Å². The highest BCUT2D eigenvalue weighted by atomic mass is 16.6. The van der Waals surface area contributed by atoms with E-state index in [2.05, 4.69) is 26.2 Å². The van der Waals surface area contributed by atoms with Crippen LogP contribution in [0.3, 0.4) is 0 Å². The summed E-state index contributed by atoms with van der Waals surface area (Å²) in [6, 6.07) is 7.84. The Morgan fingerprint density at radius 1 is 1.19 bits per heavy atom. The Morgan fingerprint density at radius 2 is 1.81 bits per heavy atom. The van der Waals surface area contributed by atoms with Crippen LogP contribution in [0, 0.1) is 23.2 Å². The van der Waals surface area contributed by atoms with Gasteiger partial charge in [-0.2, -0.15) is 5.12 Å². The molecule has 2 aliphatic rings. The van der Waals surface area contributed by atoms with Crippen LogP contribution in [0.2, 0.25) is 0 Å². The summed E-state index contributed by atoms with van der Waals surface area (Å²) < 4.78 is 11.4. The second-order valence-electron chi connectivity index (χ2n) is 9.98. The molecule has 32 heavy (non-hydrogen) atoms. The van der Waals surface area contributed by atoms with Crippen molar-refractivity contribution in [1.29, 1.82) is 0 Å².